The third-order valence-electron chi connectivity index (χ3n) is 9.47. The number of furan rings is 1. The van der Waals surface area contributed by atoms with E-state index in [9.17, 15) is 0 Å². The fraction of sp³-hybridized carbons (Fsp3) is 0. The molecule has 10 aromatic rings. The monoisotopic (exact) mass is 602 g/mol. The number of rotatable bonds is 3. The molecule has 0 atom stereocenters. The van der Waals surface area contributed by atoms with Crippen LogP contribution in [0, 0.1) is 0 Å². The largest absolute Gasteiger partial charge is 0.456 e. The van der Waals surface area contributed by atoms with Gasteiger partial charge in [0.15, 0.2) is 0 Å². The van der Waals surface area contributed by atoms with Crippen LogP contribution < -0.4 is 0 Å². The van der Waals surface area contributed by atoms with Crippen molar-refractivity contribution in [3.8, 4) is 33.6 Å². The summed E-state index contributed by atoms with van der Waals surface area (Å²) >= 11 is 1.88. The molecule has 0 fully saturated rings. The minimum Gasteiger partial charge on any atom is -0.456 e. The van der Waals surface area contributed by atoms with Gasteiger partial charge in [-0.3, -0.25) is 0 Å². The Hall–Kier alpha value is -5.70. The van der Waals surface area contributed by atoms with Crippen molar-refractivity contribution in [2.45, 2.75) is 0 Å². The first-order valence-electron chi connectivity index (χ1n) is 15.7. The summed E-state index contributed by atoms with van der Waals surface area (Å²) in [6.45, 7) is 0. The van der Waals surface area contributed by atoms with Crippen LogP contribution in [0.3, 0.4) is 0 Å². The molecular weight excluding hydrogens is 577 g/mol. The van der Waals surface area contributed by atoms with Crippen LogP contribution in [0.1, 0.15) is 0 Å². The van der Waals surface area contributed by atoms with Gasteiger partial charge in [-0.2, -0.15) is 0 Å². The molecule has 0 saturated carbocycles. The molecule has 0 aliphatic carbocycles. The van der Waals surface area contributed by atoms with Crippen molar-refractivity contribution in [1.82, 2.24) is 0 Å². The summed E-state index contributed by atoms with van der Waals surface area (Å²) in [5, 5.41) is 11.2. The highest BCUT2D eigenvalue weighted by molar-refractivity contribution is 7.26. The van der Waals surface area contributed by atoms with E-state index in [0.717, 1.165) is 22.3 Å². The van der Waals surface area contributed by atoms with E-state index in [1.165, 1.54) is 74.7 Å². The first kappa shape index (κ1) is 25.6. The predicted molar refractivity (Wildman–Crippen MR) is 198 cm³/mol. The zero-order valence-corrected chi connectivity index (χ0v) is 25.6. The molecule has 8 aromatic carbocycles. The maximum atomic E-state index is 6.71. The van der Waals surface area contributed by atoms with Gasteiger partial charge in [-0.1, -0.05) is 140 Å². The number of hydrogen-bond donors (Lipinski definition) is 0. The Balaban J connectivity index is 1.41. The molecular formula is C44H26OS. The standard InChI is InChI=1S/C44H26OS/c1-2-14-28(15-3-1)38-26-37-39(45-38)25-36-30-18-10-11-24-40(30)46-44(36)43(37)42-34-21-8-6-19-32(34)41(33-20-7-9-22-35(33)42)31-23-12-16-27-13-4-5-17-29(27)31/h1-26H. The normalized spacial score (nSPS) is 11.9. The van der Waals surface area contributed by atoms with E-state index in [-0.39, 0.29) is 0 Å². The summed E-state index contributed by atoms with van der Waals surface area (Å²) in [5.74, 6) is 0.889. The molecule has 0 amide bonds. The maximum absolute atomic E-state index is 6.71. The van der Waals surface area contributed by atoms with Crippen LogP contribution in [0.5, 0.6) is 0 Å². The third-order valence-corrected chi connectivity index (χ3v) is 10.7. The van der Waals surface area contributed by atoms with Crippen molar-refractivity contribution in [2.24, 2.45) is 0 Å². The molecule has 0 radical (unpaired) electrons. The quantitative estimate of drug-likeness (QED) is 0.183. The van der Waals surface area contributed by atoms with Gasteiger partial charge in [-0.25, -0.2) is 0 Å². The molecule has 1 nitrogen and oxygen atoms in total. The summed E-state index contributed by atoms with van der Waals surface area (Å²) in [5.41, 5.74) is 7.05. The average molecular weight is 603 g/mol. The molecule has 0 spiro atoms. The van der Waals surface area contributed by atoms with Crippen LogP contribution in [0.15, 0.2) is 162 Å². The highest BCUT2D eigenvalue weighted by Gasteiger charge is 2.24. The van der Waals surface area contributed by atoms with Gasteiger partial charge >= 0.3 is 0 Å². The van der Waals surface area contributed by atoms with Crippen molar-refractivity contribution in [3.63, 3.8) is 0 Å². The first-order chi connectivity index (χ1) is 22.8. The molecule has 46 heavy (non-hydrogen) atoms. The minimum atomic E-state index is 0.889. The Morgan fingerprint density at radius 2 is 0.978 bits per heavy atom. The van der Waals surface area contributed by atoms with Gasteiger partial charge < -0.3 is 4.42 Å². The third kappa shape index (κ3) is 3.68. The number of hydrogen-bond acceptors (Lipinski definition) is 2. The van der Waals surface area contributed by atoms with E-state index in [2.05, 4.69) is 158 Å². The molecule has 0 bridgehead atoms. The van der Waals surface area contributed by atoms with Gasteiger partial charge in [-0.15, -0.1) is 11.3 Å². The lowest BCUT2D eigenvalue weighted by atomic mass is 9.84. The Morgan fingerprint density at radius 1 is 0.391 bits per heavy atom. The van der Waals surface area contributed by atoms with Crippen molar-refractivity contribution in [3.05, 3.63) is 158 Å². The molecule has 0 unspecified atom stereocenters. The van der Waals surface area contributed by atoms with Gasteiger partial charge in [-0.05, 0) is 67.2 Å². The Kier molecular flexibility index (Phi) is 5.51. The van der Waals surface area contributed by atoms with Crippen LogP contribution in [0.25, 0.3) is 97.0 Å². The van der Waals surface area contributed by atoms with Crippen molar-refractivity contribution in [2.75, 3.05) is 0 Å². The number of thiophene rings is 1. The Bertz CT molecular complexity index is 2740. The Labute approximate surface area is 269 Å². The van der Waals surface area contributed by atoms with Crippen LogP contribution in [-0.4, -0.2) is 0 Å². The zero-order valence-electron chi connectivity index (χ0n) is 24.8. The van der Waals surface area contributed by atoms with Crippen molar-refractivity contribution < 1.29 is 4.42 Å². The van der Waals surface area contributed by atoms with E-state index in [1.54, 1.807) is 0 Å². The number of fused-ring (bicyclic) bond motifs is 7. The second kappa shape index (κ2) is 9.90. The fourth-order valence-corrected chi connectivity index (χ4v) is 8.73. The van der Waals surface area contributed by atoms with Crippen LogP contribution >= 0.6 is 11.3 Å². The first-order valence-corrected chi connectivity index (χ1v) is 16.5. The summed E-state index contributed by atoms with van der Waals surface area (Å²) < 4.78 is 9.29. The summed E-state index contributed by atoms with van der Waals surface area (Å²) in [6, 6.07) is 57.0. The predicted octanol–water partition coefficient (Wildman–Crippen LogP) is 13.3. The lowest BCUT2D eigenvalue weighted by Crippen LogP contribution is -1.92. The summed E-state index contributed by atoms with van der Waals surface area (Å²) in [7, 11) is 0. The molecule has 2 heteroatoms. The molecule has 0 saturated heterocycles. The molecule has 214 valence electrons. The molecule has 0 aliphatic rings. The van der Waals surface area contributed by atoms with Gasteiger partial charge in [0.2, 0.25) is 0 Å². The van der Waals surface area contributed by atoms with E-state index in [0.29, 0.717) is 0 Å². The summed E-state index contributed by atoms with van der Waals surface area (Å²) in [4.78, 5) is 0. The van der Waals surface area contributed by atoms with Crippen LogP contribution in [-0.2, 0) is 0 Å². The number of benzene rings is 8. The topological polar surface area (TPSA) is 13.1 Å². The molecule has 10 rings (SSSR count). The van der Waals surface area contributed by atoms with Gasteiger partial charge in [0.25, 0.3) is 0 Å². The summed E-state index contributed by atoms with van der Waals surface area (Å²) in [6.07, 6.45) is 0. The maximum Gasteiger partial charge on any atom is 0.136 e. The highest BCUT2D eigenvalue weighted by atomic mass is 32.1. The Morgan fingerprint density at radius 3 is 1.72 bits per heavy atom. The molecule has 2 aromatic heterocycles. The van der Waals surface area contributed by atoms with Crippen molar-refractivity contribution >= 4 is 74.8 Å². The second-order valence-electron chi connectivity index (χ2n) is 12.0. The lowest BCUT2D eigenvalue weighted by molar-refractivity contribution is 0.632. The molecule has 0 aliphatic heterocycles. The fourth-order valence-electron chi connectivity index (χ4n) is 7.48. The smallest absolute Gasteiger partial charge is 0.136 e. The van der Waals surface area contributed by atoms with Crippen LogP contribution in [0.4, 0.5) is 0 Å². The molecule has 0 N–H and O–H groups in total. The van der Waals surface area contributed by atoms with E-state index in [1.807, 2.05) is 11.3 Å². The highest BCUT2D eigenvalue weighted by Crippen LogP contribution is 2.51. The van der Waals surface area contributed by atoms with E-state index < -0.39 is 0 Å². The van der Waals surface area contributed by atoms with Gasteiger partial charge in [0.05, 0.1) is 0 Å². The van der Waals surface area contributed by atoms with Crippen molar-refractivity contribution in [1.29, 1.82) is 0 Å². The molecule has 2 heterocycles. The minimum absolute atomic E-state index is 0.889. The average Bonchev–Trinajstić information content (AvgIpc) is 3.72. The van der Waals surface area contributed by atoms with Gasteiger partial charge in [0, 0.05) is 36.7 Å². The van der Waals surface area contributed by atoms with E-state index in [4.69, 9.17) is 4.42 Å². The van der Waals surface area contributed by atoms with Crippen LogP contribution in [0.2, 0.25) is 0 Å². The lowest BCUT2D eigenvalue weighted by Gasteiger charge is -2.19. The second-order valence-corrected chi connectivity index (χ2v) is 13.0. The zero-order chi connectivity index (χ0) is 30.2. The van der Waals surface area contributed by atoms with E-state index >= 15 is 0 Å². The SMILES string of the molecule is c1ccc(-c2cc3c(-c4c5ccccc5c(-c5cccc6ccccc56)c5ccccc45)c4sc5ccccc5c4cc3o2)cc1. The van der Waals surface area contributed by atoms with Gasteiger partial charge in [0.1, 0.15) is 11.3 Å².